The van der Waals surface area contributed by atoms with Crippen molar-refractivity contribution >= 4 is 5.84 Å². The van der Waals surface area contributed by atoms with Crippen LogP contribution in [-0.4, -0.2) is 24.3 Å². The predicted molar refractivity (Wildman–Crippen MR) is 61.1 cm³/mol. The zero-order valence-corrected chi connectivity index (χ0v) is 9.22. The Hall–Kier alpha value is -1.91. The molecule has 88 valence electrons. The van der Waals surface area contributed by atoms with Gasteiger partial charge in [0.15, 0.2) is 11.5 Å². The van der Waals surface area contributed by atoms with E-state index in [0.29, 0.717) is 31.1 Å². The monoisotopic (exact) mass is 224 g/mol. The highest BCUT2D eigenvalue weighted by atomic mass is 16.5. The molecule has 0 radical (unpaired) electrons. The summed E-state index contributed by atoms with van der Waals surface area (Å²) < 4.78 is 10.9. The van der Waals surface area contributed by atoms with Gasteiger partial charge in [0.05, 0.1) is 13.2 Å². The van der Waals surface area contributed by atoms with E-state index in [9.17, 15) is 0 Å². The Morgan fingerprint density at radius 2 is 1.94 bits per heavy atom. The Labute approximate surface area is 94.5 Å². The molecule has 0 aliphatic carbocycles. The van der Waals surface area contributed by atoms with Gasteiger partial charge >= 0.3 is 0 Å². The second-order valence-corrected chi connectivity index (χ2v) is 3.07. The number of rotatable bonds is 6. The lowest BCUT2D eigenvalue weighted by Gasteiger charge is -2.10. The normalized spacial score (nSPS) is 11.2. The number of para-hydroxylation sites is 2. The Kier molecular flexibility index (Phi) is 4.98. The van der Waals surface area contributed by atoms with Gasteiger partial charge in [-0.15, -0.1) is 0 Å². The number of hydrogen-bond acceptors (Lipinski definition) is 4. The largest absolute Gasteiger partial charge is 0.490 e. The first kappa shape index (κ1) is 12.2. The second kappa shape index (κ2) is 6.55. The van der Waals surface area contributed by atoms with Gasteiger partial charge in [0.25, 0.3) is 0 Å². The number of amidine groups is 1. The molecule has 0 fully saturated rings. The summed E-state index contributed by atoms with van der Waals surface area (Å²) in [5.74, 6) is 1.51. The van der Waals surface area contributed by atoms with Gasteiger partial charge in [-0.25, -0.2) is 0 Å². The van der Waals surface area contributed by atoms with Crippen molar-refractivity contribution in [1.29, 1.82) is 0 Å². The van der Waals surface area contributed by atoms with E-state index in [-0.39, 0.29) is 5.84 Å². The van der Waals surface area contributed by atoms with Crippen molar-refractivity contribution in [3.8, 4) is 11.5 Å². The van der Waals surface area contributed by atoms with Crippen LogP contribution in [0.25, 0.3) is 0 Å². The van der Waals surface area contributed by atoms with Crippen molar-refractivity contribution in [3.63, 3.8) is 0 Å². The van der Waals surface area contributed by atoms with Gasteiger partial charge in [-0.2, -0.15) is 0 Å². The fourth-order valence-electron chi connectivity index (χ4n) is 1.16. The van der Waals surface area contributed by atoms with Crippen LogP contribution in [0, 0.1) is 0 Å². The molecule has 0 bridgehead atoms. The molecule has 0 heterocycles. The summed E-state index contributed by atoms with van der Waals surface area (Å²) in [7, 11) is 0. The van der Waals surface area contributed by atoms with Gasteiger partial charge < -0.3 is 20.4 Å². The minimum absolute atomic E-state index is 0.147. The summed E-state index contributed by atoms with van der Waals surface area (Å²) >= 11 is 0. The van der Waals surface area contributed by atoms with E-state index in [4.69, 9.17) is 20.4 Å². The quantitative estimate of drug-likeness (QED) is 0.333. The lowest BCUT2D eigenvalue weighted by molar-refractivity contribution is 0.279. The van der Waals surface area contributed by atoms with Crippen molar-refractivity contribution in [2.45, 2.75) is 13.3 Å². The van der Waals surface area contributed by atoms with Gasteiger partial charge in [0, 0.05) is 6.42 Å². The third-order valence-corrected chi connectivity index (χ3v) is 1.89. The maximum absolute atomic E-state index is 8.35. The van der Waals surface area contributed by atoms with Crippen LogP contribution in [0.5, 0.6) is 11.5 Å². The van der Waals surface area contributed by atoms with Crippen molar-refractivity contribution in [2.75, 3.05) is 13.2 Å². The molecule has 0 unspecified atom stereocenters. The molecule has 16 heavy (non-hydrogen) atoms. The molecule has 1 aromatic carbocycles. The molecule has 5 heteroatoms. The van der Waals surface area contributed by atoms with Crippen LogP contribution in [0.4, 0.5) is 0 Å². The summed E-state index contributed by atoms with van der Waals surface area (Å²) in [4.78, 5) is 0. The minimum Gasteiger partial charge on any atom is -0.490 e. The van der Waals surface area contributed by atoms with Gasteiger partial charge in [0.1, 0.15) is 5.84 Å². The minimum atomic E-state index is 0.147. The highest BCUT2D eigenvalue weighted by Gasteiger charge is 2.03. The van der Waals surface area contributed by atoms with E-state index >= 15 is 0 Å². The van der Waals surface area contributed by atoms with E-state index in [1.54, 1.807) is 0 Å². The molecule has 3 N–H and O–H groups in total. The molecule has 0 saturated heterocycles. The fraction of sp³-hybridized carbons (Fsp3) is 0.364. The van der Waals surface area contributed by atoms with Crippen molar-refractivity contribution in [2.24, 2.45) is 10.9 Å². The summed E-state index contributed by atoms with van der Waals surface area (Å²) in [6, 6.07) is 7.39. The highest BCUT2D eigenvalue weighted by Crippen LogP contribution is 2.26. The smallest absolute Gasteiger partial charge is 0.161 e. The molecule has 1 rings (SSSR count). The predicted octanol–water partition coefficient (Wildman–Crippen LogP) is 1.60. The van der Waals surface area contributed by atoms with Gasteiger partial charge in [-0.1, -0.05) is 17.3 Å². The van der Waals surface area contributed by atoms with Crippen molar-refractivity contribution in [3.05, 3.63) is 24.3 Å². The standard InChI is InChI=1S/C11H16N2O3/c1-2-15-9-5-3-4-6-10(9)16-8-7-11(12)13-14/h3-6,14H,2,7-8H2,1H3,(H2,12,13). The molecule has 0 aliphatic heterocycles. The molecule has 0 amide bonds. The average Bonchev–Trinajstić information content (AvgIpc) is 2.31. The molecule has 0 saturated carbocycles. The van der Waals surface area contributed by atoms with Crippen LogP contribution in [0.3, 0.4) is 0 Å². The third kappa shape index (κ3) is 3.68. The Balaban J connectivity index is 2.52. The van der Waals surface area contributed by atoms with Crippen LogP contribution in [0.1, 0.15) is 13.3 Å². The number of oxime groups is 1. The summed E-state index contributed by atoms with van der Waals surface area (Å²) in [5.41, 5.74) is 5.32. The lowest BCUT2D eigenvalue weighted by Crippen LogP contribution is -2.15. The first-order valence-electron chi connectivity index (χ1n) is 5.09. The molecule has 0 aliphatic rings. The molecule has 1 aromatic rings. The zero-order chi connectivity index (χ0) is 11.8. The van der Waals surface area contributed by atoms with Gasteiger partial charge in [-0.05, 0) is 19.1 Å². The lowest BCUT2D eigenvalue weighted by atomic mass is 10.3. The molecule has 0 aromatic heterocycles. The molecule has 0 atom stereocenters. The molecule has 5 nitrogen and oxygen atoms in total. The highest BCUT2D eigenvalue weighted by molar-refractivity contribution is 5.79. The zero-order valence-electron chi connectivity index (χ0n) is 9.22. The number of benzene rings is 1. The number of nitrogens with zero attached hydrogens (tertiary/aromatic N) is 1. The Morgan fingerprint density at radius 1 is 1.31 bits per heavy atom. The summed E-state index contributed by atoms with van der Waals surface area (Å²) in [6.45, 7) is 2.84. The maximum atomic E-state index is 8.35. The third-order valence-electron chi connectivity index (χ3n) is 1.89. The summed E-state index contributed by atoms with van der Waals surface area (Å²) in [6.07, 6.45) is 0.372. The van der Waals surface area contributed by atoms with Crippen LogP contribution >= 0.6 is 0 Å². The van der Waals surface area contributed by atoms with E-state index in [2.05, 4.69) is 5.16 Å². The van der Waals surface area contributed by atoms with Crippen LogP contribution in [-0.2, 0) is 0 Å². The van der Waals surface area contributed by atoms with E-state index in [0.717, 1.165) is 0 Å². The number of nitrogens with two attached hydrogens (primary N) is 1. The molecular weight excluding hydrogens is 208 g/mol. The van der Waals surface area contributed by atoms with Gasteiger partial charge in [0.2, 0.25) is 0 Å². The summed E-state index contributed by atoms with van der Waals surface area (Å²) in [5, 5.41) is 11.2. The Morgan fingerprint density at radius 3 is 2.50 bits per heavy atom. The Bertz CT molecular complexity index is 353. The topological polar surface area (TPSA) is 77.1 Å². The maximum Gasteiger partial charge on any atom is 0.161 e. The first-order valence-corrected chi connectivity index (χ1v) is 5.09. The average molecular weight is 224 g/mol. The second-order valence-electron chi connectivity index (χ2n) is 3.07. The number of hydrogen-bond donors (Lipinski definition) is 2. The van der Waals surface area contributed by atoms with Crippen molar-refractivity contribution < 1.29 is 14.7 Å². The van der Waals surface area contributed by atoms with Gasteiger partial charge in [-0.3, -0.25) is 0 Å². The van der Waals surface area contributed by atoms with Crippen LogP contribution in [0.15, 0.2) is 29.4 Å². The number of ether oxygens (including phenoxy) is 2. The van der Waals surface area contributed by atoms with E-state index < -0.39 is 0 Å². The fourth-order valence-corrected chi connectivity index (χ4v) is 1.16. The van der Waals surface area contributed by atoms with Crippen LogP contribution in [0.2, 0.25) is 0 Å². The van der Waals surface area contributed by atoms with E-state index in [1.807, 2.05) is 31.2 Å². The van der Waals surface area contributed by atoms with Crippen LogP contribution < -0.4 is 15.2 Å². The van der Waals surface area contributed by atoms with E-state index in [1.165, 1.54) is 0 Å². The van der Waals surface area contributed by atoms with Crippen molar-refractivity contribution in [1.82, 2.24) is 0 Å². The molecular formula is C11H16N2O3. The molecule has 0 spiro atoms. The SMILES string of the molecule is CCOc1ccccc1OCC/C(N)=N/O. The first-order chi connectivity index (χ1) is 7.77.